The zero-order valence-electron chi connectivity index (χ0n) is 11.9. The molecule has 1 aromatic heterocycles. The van der Waals surface area contributed by atoms with Gasteiger partial charge in [-0.2, -0.15) is 0 Å². The first kappa shape index (κ1) is 16.1. The average molecular weight is 285 g/mol. The number of hydrogen-bond acceptors (Lipinski definition) is 4. The van der Waals surface area contributed by atoms with Crippen molar-refractivity contribution in [3.8, 4) is 0 Å². The van der Waals surface area contributed by atoms with Crippen LogP contribution in [0, 0.1) is 0 Å². The normalized spacial score (nSPS) is 11.4. The van der Waals surface area contributed by atoms with Crippen molar-refractivity contribution >= 4 is 17.3 Å². The summed E-state index contributed by atoms with van der Waals surface area (Å²) in [6.07, 6.45) is 2.19. The number of carboxylic acids is 1. The minimum atomic E-state index is -0.845. The van der Waals surface area contributed by atoms with Crippen molar-refractivity contribution in [3.05, 3.63) is 21.9 Å². The predicted octanol–water partition coefficient (Wildman–Crippen LogP) is 3.08. The number of methoxy groups -OCH3 is 1. The quantitative estimate of drug-likeness (QED) is 0.757. The summed E-state index contributed by atoms with van der Waals surface area (Å²) in [6, 6.07) is 4.12. The SMILES string of the molecule is CCC(CC)N(CCOC)Cc1ccc(C(=O)O)s1. The van der Waals surface area contributed by atoms with Gasteiger partial charge in [-0.15, -0.1) is 11.3 Å². The maximum Gasteiger partial charge on any atom is 0.345 e. The lowest BCUT2D eigenvalue weighted by Gasteiger charge is -2.29. The number of carboxylic acid groups (broad SMARTS) is 1. The molecule has 0 amide bonds. The highest BCUT2D eigenvalue weighted by Gasteiger charge is 2.17. The smallest absolute Gasteiger partial charge is 0.345 e. The summed E-state index contributed by atoms with van der Waals surface area (Å²) in [4.78, 5) is 14.8. The number of carbonyl (C=O) groups is 1. The van der Waals surface area contributed by atoms with Crippen molar-refractivity contribution in [1.29, 1.82) is 0 Å². The molecule has 4 nitrogen and oxygen atoms in total. The van der Waals surface area contributed by atoms with Crippen molar-refractivity contribution in [2.24, 2.45) is 0 Å². The molecule has 0 saturated carbocycles. The van der Waals surface area contributed by atoms with Gasteiger partial charge >= 0.3 is 5.97 Å². The van der Waals surface area contributed by atoms with Gasteiger partial charge in [0.15, 0.2) is 0 Å². The third-order valence-electron chi connectivity index (χ3n) is 3.27. The Kier molecular flexibility index (Phi) is 7.05. The molecule has 0 spiro atoms. The second kappa shape index (κ2) is 8.30. The van der Waals surface area contributed by atoms with Crippen LogP contribution in [0.25, 0.3) is 0 Å². The molecule has 0 aliphatic heterocycles. The molecule has 0 saturated heterocycles. The van der Waals surface area contributed by atoms with Gasteiger partial charge in [-0.1, -0.05) is 13.8 Å². The fourth-order valence-corrected chi connectivity index (χ4v) is 3.05. The average Bonchev–Trinajstić information content (AvgIpc) is 2.85. The van der Waals surface area contributed by atoms with Gasteiger partial charge in [0.05, 0.1) is 6.61 Å². The number of hydrogen-bond donors (Lipinski definition) is 1. The zero-order valence-corrected chi connectivity index (χ0v) is 12.7. The molecule has 0 fully saturated rings. The summed E-state index contributed by atoms with van der Waals surface area (Å²) in [6.45, 7) is 6.75. The van der Waals surface area contributed by atoms with Crippen molar-refractivity contribution in [3.63, 3.8) is 0 Å². The van der Waals surface area contributed by atoms with E-state index in [4.69, 9.17) is 9.84 Å². The molecule has 1 rings (SSSR count). The van der Waals surface area contributed by atoms with Gasteiger partial charge in [-0.3, -0.25) is 4.90 Å². The van der Waals surface area contributed by atoms with E-state index in [1.165, 1.54) is 11.3 Å². The van der Waals surface area contributed by atoms with Crippen LogP contribution in [0.4, 0.5) is 0 Å². The topological polar surface area (TPSA) is 49.8 Å². The van der Waals surface area contributed by atoms with Crippen molar-refractivity contribution < 1.29 is 14.6 Å². The first-order chi connectivity index (χ1) is 9.12. The lowest BCUT2D eigenvalue weighted by Crippen LogP contribution is -2.36. The number of ether oxygens (including phenoxy) is 1. The summed E-state index contributed by atoms with van der Waals surface area (Å²) in [5.41, 5.74) is 0. The van der Waals surface area contributed by atoms with Crippen LogP contribution in [0.2, 0.25) is 0 Å². The highest BCUT2D eigenvalue weighted by molar-refractivity contribution is 7.13. The maximum absolute atomic E-state index is 10.9. The fourth-order valence-electron chi connectivity index (χ4n) is 2.18. The molecule has 0 aliphatic carbocycles. The molecule has 0 radical (unpaired) electrons. The Morgan fingerprint density at radius 1 is 1.42 bits per heavy atom. The summed E-state index contributed by atoms with van der Waals surface area (Å²) < 4.78 is 5.16. The molecule has 108 valence electrons. The van der Waals surface area contributed by atoms with Gasteiger partial charge in [0.25, 0.3) is 0 Å². The van der Waals surface area contributed by atoms with Crippen LogP contribution < -0.4 is 0 Å². The Balaban J connectivity index is 2.71. The summed E-state index contributed by atoms with van der Waals surface area (Å²) in [5, 5.41) is 8.95. The molecule has 0 atom stereocenters. The Labute approximate surface area is 119 Å². The fraction of sp³-hybridized carbons (Fsp3) is 0.643. The van der Waals surface area contributed by atoms with Crippen LogP contribution in [0.1, 0.15) is 41.2 Å². The van der Waals surface area contributed by atoms with E-state index in [2.05, 4.69) is 18.7 Å². The molecular weight excluding hydrogens is 262 g/mol. The lowest BCUT2D eigenvalue weighted by atomic mass is 10.1. The van der Waals surface area contributed by atoms with Crippen LogP contribution in [-0.2, 0) is 11.3 Å². The minimum absolute atomic E-state index is 0.409. The Bertz CT molecular complexity index is 388. The van der Waals surface area contributed by atoms with E-state index in [-0.39, 0.29) is 0 Å². The largest absolute Gasteiger partial charge is 0.477 e. The zero-order chi connectivity index (χ0) is 14.3. The Hall–Kier alpha value is -0.910. The summed E-state index contributed by atoms with van der Waals surface area (Å²) in [5.74, 6) is -0.845. The van der Waals surface area contributed by atoms with Crippen LogP contribution in [-0.4, -0.2) is 42.3 Å². The molecule has 0 unspecified atom stereocenters. The number of rotatable bonds is 9. The number of aromatic carboxylic acids is 1. The molecule has 5 heteroatoms. The van der Waals surface area contributed by atoms with Gasteiger partial charge in [0.1, 0.15) is 4.88 Å². The molecular formula is C14H23NO3S. The van der Waals surface area contributed by atoms with Gasteiger partial charge in [-0.25, -0.2) is 4.79 Å². The first-order valence-corrected chi connectivity index (χ1v) is 7.49. The standard InChI is InChI=1S/C14H23NO3S/c1-4-11(5-2)15(8-9-18-3)10-12-6-7-13(19-12)14(16)17/h6-7,11H,4-5,8-10H2,1-3H3,(H,16,17). The Morgan fingerprint density at radius 3 is 2.58 bits per heavy atom. The van der Waals surface area contributed by atoms with Crippen LogP contribution in [0.5, 0.6) is 0 Å². The second-order valence-corrected chi connectivity index (χ2v) is 5.67. The van der Waals surface area contributed by atoms with E-state index in [0.29, 0.717) is 17.5 Å². The molecule has 19 heavy (non-hydrogen) atoms. The molecule has 0 aliphatic rings. The third-order valence-corrected chi connectivity index (χ3v) is 4.33. The molecule has 0 aromatic carbocycles. The highest BCUT2D eigenvalue weighted by Crippen LogP contribution is 2.20. The van der Waals surface area contributed by atoms with E-state index in [0.717, 1.165) is 30.8 Å². The number of thiophene rings is 1. The van der Waals surface area contributed by atoms with E-state index in [9.17, 15) is 4.79 Å². The van der Waals surface area contributed by atoms with E-state index in [1.54, 1.807) is 13.2 Å². The lowest BCUT2D eigenvalue weighted by molar-refractivity contribution is 0.0702. The third kappa shape index (κ3) is 4.93. The molecule has 0 bridgehead atoms. The molecule has 1 N–H and O–H groups in total. The highest BCUT2D eigenvalue weighted by atomic mass is 32.1. The molecule has 1 aromatic rings. The van der Waals surface area contributed by atoms with Crippen LogP contribution in [0.15, 0.2) is 12.1 Å². The van der Waals surface area contributed by atoms with Crippen LogP contribution in [0.3, 0.4) is 0 Å². The predicted molar refractivity (Wildman–Crippen MR) is 77.9 cm³/mol. The Morgan fingerprint density at radius 2 is 2.11 bits per heavy atom. The maximum atomic E-state index is 10.9. The minimum Gasteiger partial charge on any atom is -0.477 e. The first-order valence-electron chi connectivity index (χ1n) is 6.67. The van der Waals surface area contributed by atoms with Gasteiger partial charge in [0, 0.05) is 31.1 Å². The van der Waals surface area contributed by atoms with Crippen LogP contribution >= 0.6 is 11.3 Å². The van der Waals surface area contributed by atoms with Crippen molar-refractivity contribution in [1.82, 2.24) is 4.90 Å². The van der Waals surface area contributed by atoms with Crippen molar-refractivity contribution in [2.45, 2.75) is 39.3 Å². The van der Waals surface area contributed by atoms with Gasteiger partial charge in [-0.05, 0) is 25.0 Å². The number of nitrogens with zero attached hydrogens (tertiary/aromatic N) is 1. The molecule has 1 heterocycles. The monoisotopic (exact) mass is 285 g/mol. The summed E-state index contributed by atoms with van der Waals surface area (Å²) >= 11 is 1.36. The van der Waals surface area contributed by atoms with E-state index in [1.807, 2.05) is 6.07 Å². The van der Waals surface area contributed by atoms with E-state index >= 15 is 0 Å². The second-order valence-electron chi connectivity index (χ2n) is 4.50. The van der Waals surface area contributed by atoms with Crippen molar-refractivity contribution in [2.75, 3.05) is 20.3 Å². The van der Waals surface area contributed by atoms with E-state index < -0.39 is 5.97 Å². The van der Waals surface area contributed by atoms with Gasteiger partial charge in [0.2, 0.25) is 0 Å². The van der Waals surface area contributed by atoms with Gasteiger partial charge < -0.3 is 9.84 Å². The summed E-state index contributed by atoms with van der Waals surface area (Å²) in [7, 11) is 1.71.